The van der Waals surface area contributed by atoms with Crippen molar-refractivity contribution in [3.05, 3.63) is 59.8 Å². The standard InChI is InChI=1S/C28H39NO/c1-19(2)9-8-15-28-24(17-22-18-29-25-11-7-6-10-23(22)25)20(3)14-16-27(28,5)21(4)12-13-26(28)30/h6-7,9-11,18,21,24,26,29-30H,3,8,12-17H2,1-2,4-5H3/t21-,24-,26+,27?,28?/m1/s1. The van der Waals surface area contributed by atoms with Crippen LogP contribution in [0.3, 0.4) is 0 Å². The van der Waals surface area contributed by atoms with Gasteiger partial charge >= 0.3 is 0 Å². The van der Waals surface area contributed by atoms with Crippen LogP contribution in [0.1, 0.15) is 71.8 Å². The number of benzene rings is 1. The molecule has 2 aromatic rings. The summed E-state index contributed by atoms with van der Waals surface area (Å²) in [7, 11) is 0. The van der Waals surface area contributed by atoms with Crippen molar-refractivity contribution in [2.45, 2.75) is 78.7 Å². The molecular weight excluding hydrogens is 366 g/mol. The number of nitrogens with one attached hydrogen (secondary N) is 1. The van der Waals surface area contributed by atoms with Crippen LogP contribution in [0.5, 0.6) is 0 Å². The number of fused-ring (bicyclic) bond motifs is 2. The number of rotatable bonds is 5. The maximum absolute atomic E-state index is 11.7. The van der Waals surface area contributed by atoms with Crippen molar-refractivity contribution in [3.63, 3.8) is 0 Å². The number of aliphatic hydroxyl groups is 1. The van der Waals surface area contributed by atoms with Crippen LogP contribution in [0.4, 0.5) is 0 Å². The van der Waals surface area contributed by atoms with Crippen LogP contribution in [-0.2, 0) is 6.42 Å². The number of H-pyrrole nitrogens is 1. The third-order valence-electron chi connectivity index (χ3n) is 8.91. The molecule has 4 rings (SSSR count). The van der Waals surface area contributed by atoms with Gasteiger partial charge < -0.3 is 10.1 Å². The topological polar surface area (TPSA) is 36.0 Å². The lowest BCUT2D eigenvalue weighted by Crippen LogP contribution is -2.61. The van der Waals surface area contributed by atoms with Crippen LogP contribution >= 0.6 is 0 Å². The van der Waals surface area contributed by atoms with Gasteiger partial charge in [0.2, 0.25) is 0 Å². The van der Waals surface area contributed by atoms with E-state index in [1.807, 2.05) is 0 Å². The van der Waals surface area contributed by atoms with Crippen LogP contribution in [0.2, 0.25) is 0 Å². The first-order chi connectivity index (χ1) is 14.3. The quantitative estimate of drug-likeness (QED) is 0.507. The highest BCUT2D eigenvalue weighted by atomic mass is 16.3. The van der Waals surface area contributed by atoms with E-state index >= 15 is 0 Å². The van der Waals surface area contributed by atoms with Gasteiger partial charge in [0.15, 0.2) is 0 Å². The van der Waals surface area contributed by atoms with Crippen molar-refractivity contribution in [3.8, 4) is 0 Å². The number of aromatic amines is 1. The monoisotopic (exact) mass is 405 g/mol. The highest BCUT2D eigenvalue weighted by Gasteiger charge is 2.62. The first kappa shape index (κ1) is 21.4. The van der Waals surface area contributed by atoms with E-state index in [1.54, 1.807) is 0 Å². The summed E-state index contributed by atoms with van der Waals surface area (Å²) >= 11 is 0. The zero-order chi connectivity index (χ0) is 21.5. The van der Waals surface area contributed by atoms with Gasteiger partial charge in [-0.15, -0.1) is 0 Å². The smallest absolute Gasteiger partial charge is 0.0607 e. The SMILES string of the molecule is C=C1CCC2(C)[C@H](C)CC[C@H](O)C2(CCC=C(C)C)[C@@H]1Cc1c[nH]c2ccccc12. The molecule has 2 aliphatic carbocycles. The molecule has 0 amide bonds. The summed E-state index contributed by atoms with van der Waals surface area (Å²) in [5.41, 5.74) is 5.33. The molecule has 2 unspecified atom stereocenters. The average molecular weight is 406 g/mol. The van der Waals surface area contributed by atoms with Crippen LogP contribution in [0, 0.1) is 22.7 Å². The van der Waals surface area contributed by atoms with Crippen molar-refractivity contribution in [2.24, 2.45) is 22.7 Å². The number of aliphatic hydroxyl groups excluding tert-OH is 1. The lowest BCUT2D eigenvalue weighted by molar-refractivity contribution is -0.179. The van der Waals surface area contributed by atoms with Crippen LogP contribution in [0.15, 0.2) is 54.3 Å². The number of hydrogen-bond acceptors (Lipinski definition) is 1. The maximum atomic E-state index is 11.7. The van der Waals surface area contributed by atoms with Crippen molar-refractivity contribution in [2.75, 3.05) is 0 Å². The predicted molar refractivity (Wildman–Crippen MR) is 127 cm³/mol. The van der Waals surface area contributed by atoms with Gasteiger partial charge in [-0.25, -0.2) is 0 Å². The summed E-state index contributed by atoms with van der Waals surface area (Å²) in [5, 5.41) is 13.0. The normalized spacial score (nSPS) is 34.0. The van der Waals surface area contributed by atoms with Gasteiger partial charge in [0.05, 0.1) is 6.10 Å². The Hall–Kier alpha value is -1.80. The van der Waals surface area contributed by atoms with Crippen LogP contribution in [-0.4, -0.2) is 16.2 Å². The number of hydrogen-bond donors (Lipinski definition) is 2. The highest BCUT2D eigenvalue weighted by molar-refractivity contribution is 5.83. The number of para-hydroxylation sites is 1. The molecule has 30 heavy (non-hydrogen) atoms. The first-order valence-corrected chi connectivity index (χ1v) is 11.8. The number of allylic oxidation sites excluding steroid dienone is 3. The molecule has 0 spiro atoms. The van der Waals surface area contributed by atoms with Gasteiger partial charge in [-0.3, -0.25) is 0 Å². The average Bonchev–Trinajstić information content (AvgIpc) is 3.12. The Morgan fingerprint density at radius 1 is 1.27 bits per heavy atom. The molecule has 2 heteroatoms. The predicted octanol–water partition coefficient (Wildman–Crippen LogP) is 7.21. The molecule has 2 fully saturated rings. The molecule has 0 aliphatic heterocycles. The maximum Gasteiger partial charge on any atom is 0.0607 e. The fraction of sp³-hybridized carbons (Fsp3) is 0.571. The molecule has 5 atom stereocenters. The van der Waals surface area contributed by atoms with Gasteiger partial charge in [-0.2, -0.15) is 0 Å². The number of aromatic nitrogens is 1. The molecule has 1 aromatic carbocycles. The molecule has 0 saturated heterocycles. The minimum absolute atomic E-state index is 0.107. The molecule has 1 aromatic heterocycles. The Morgan fingerprint density at radius 3 is 2.80 bits per heavy atom. The molecule has 2 nitrogen and oxygen atoms in total. The molecule has 2 aliphatic rings. The van der Waals surface area contributed by atoms with Crippen molar-refractivity contribution in [1.29, 1.82) is 0 Å². The minimum Gasteiger partial charge on any atom is -0.393 e. The zero-order valence-corrected chi connectivity index (χ0v) is 19.3. The zero-order valence-electron chi connectivity index (χ0n) is 19.3. The molecule has 2 saturated carbocycles. The van der Waals surface area contributed by atoms with E-state index in [0.29, 0.717) is 11.8 Å². The fourth-order valence-corrected chi connectivity index (χ4v) is 6.96. The van der Waals surface area contributed by atoms with E-state index in [4.69, 9.17) is 0 Å². The van der Waals surface area contributed by atoms with Gasteiger partial charge in [0, 0.05) is 22.5 Å². The van der Waals surface area contributed by atoms with Crippen molar-refractivity contribution in [1.82, 2.24) is 4.98 Å². The lowest BCUT2D eigenvalue weighted by atomic mass is 9.40. The summed E-state index contributed by atoms with van der Waals surface area (Å²) in [6, 6.07) is 8.59. The molecule has 2 N–H and O–H groups in total. The summed E-state index contributed by atoms with van der Waals surface area (Å²) in [5.74, 6) is 0.949. The Kier molecular flexibility index (Phi) is 5.74. The Bertz CT molecular complexity index is 948. The largest absolute Gasteiger partial charge is 0.393 e. The summed E-state index contributed by atoms with van der Waals surface area (Å²) < 4.78 is 0. The second kappa shape index (κ2) is 8.04. The second-order valence-electron chi connectivity index (χ2n) is 10.5. The van der Waals surface area contributed by atoms with E-state index < -0.39 is 0 Å². The lowest BCUT2D eigenvalue weighted by Gasteiger charge is -2.64. The molecule has 0 bridgehead atoms. The first-order valence-electron chi connectivity index (χ1n) is 11.8. The van der Waals surface area contributed by atoms with Gasteiger partial charge in [-0.1, -0.05) is 55.8 Å². The Labute approximate surface area is 182 Å². The van der Waals surface area contributed by atoms with Crippen molar-refractivity contribution >= 4 is 10.9 Å². The summed E-state index contributed by atoms with van der Waals surface area (Å²) in [6.07, 6.45) is 11.7. The third-order valence-corrected chi connectivity index (χ3v) is 8.91. The van der Waals surface area contributed by atoms with E-state index in [0.717, 1.165) is 44.9 Å². The molecule has 162 valence electrons. The molecule has 0 radical (unpaired) electrons. The Morgan fingerprint density at radius 2 is 2.03 bits per heavy atom. The van der Waals surface area contributed by atoms with Crippen LogP contribution < -0.4 is 0 Å². The molecular formula is C28H39NO. The van der Waals surface area contributed by atoms with E-state index in [9.17, 15) is 5.11 Å². The second-order valence-corrected chi connectivity index (χ2v) is 10.5. The van der Waals surface area contributed by atoms with Gasteiger partial charge in [0.25, 0.3) is 0 Å². The molecule has 1 heterocycles. The van der Waals surface area contributed by atoms with E-state index in [2.05, 4.69) is 75.8 Å². The minimum atomic E-state index is -0.253. The van der Waals surface area contributed by atoms with Crippen LogP contribution in [0.25, 0.3) is 10.9 Å². The fourth-order valence-electron chi connectivity index (χ4n) is 6.96. The van der Waals surface area contributed by atoms with Crippen molar-refractivity contribution < 1.29 is 5.11 Å². The van der Waals surface area contributed by atoms with Gasteiger partial charge in [0.1, 0.15) is 0 Å². The summed E-state index contributed by atoms with van der Waals surface area (Å²) in [6.45, 7) is 13.9. The Balaban J connectivity index is 1.80. The highest BCUT2D eigenvalue weighted by Crippen LogP contribution is 2.66. The van der Waals surface area contributed by atoms with E-state index in [1.165, 1.54) is 27.6 Å². The van der Waals surface area contributed by atoms with Gasteiger partial charge in [-0.05, 0) is 87.7 Å². The van der Waals surface area contributed by atoms with E-state index in [-0.39, 0.29) is 16.9 Å². The third kappa shape index (κ3) is 3.28. The summed E-state index contributed by atoms with van der Waals surface area (Å²) in [4.78, 5) is 3.46.